The van der Waals surface area contributed by atoms with Crippen molar-refractivity contribution in [2.75, 3.05) is 44.2 Å². The number of aromatic hydroxyl groups is 1. The number of hydrogen-bond acceptors (Lipinski definition) is 10. The minimum Gasteiger partial charge on any atom is -0.504 e. The molecule has 0 atom stereocenters. The SMILES string of the molecule is CCOC(=O)CN1CCN(c2c(F)c(Oc3cccc(-c4nccn4C)c3)nc(Oc3cc(C(=N)N)ccc3O)c2F)CC1. The number of piperazine rings is 1. The van der Waals surface area contributed by atoms with Gasteiger partial charge in [-0.2, -0.15) is 13.8 Å². The van der Waals surface area contributed by atoms with Gasteiger partial charge in [0, 0.05) is 56.7 Å². The Balaban J connectivity index is 1.51. The summed E-state index contributed by atoms with van der Waals surface area (Å²) >= 11 is 0. The molecule has 1 saturated heterocycles. The fraction of sp³-hybridized carbons (Fsp3) is 0.267. The molecule has 3 heterocycles. The molecule has 0 saturated carbocycles. The van der Waals surface area contributed by atoms with Crippen LogP contribution in [0.3, 0.4) is 0 Å². The summed E-state index contributed by atoms with van der Waals surface area (Å²) in [5.41, 5.74) is 6.02. The second kappa shape index (κ2) is 13.0. The van der Waals surface area contributed by atoms with Crippen LogP contribution in [-0.2, 0) is 16.6 Å². The minimum atomic E-state index is -1.12. The number of halogens is 2. The summed E-state index contributed by atoms with van der Waals surface area (Å²) < 4.78 is 50.5. The lowest BCUT2D eigenvalue weighted by molar-refractivity contribution is -0.144. The number of ether oxygens (including phenoxy) is 3. The quantitative estimate of drug-likeness (QED) is 0.137. The summed E-state index contributed by atoms with van der Waals surface area (Å²) in [5.74, 6) is -3.86. The van der Waals surface area contributed by atoms with E-state index >= 15 is 8.78 Å². The molecular weight excluding hydrogens is 576 g/mol. The molecule has 2 aromatic carbocycles. The molecule has 5 rings (SSSR count). The van der Waals surface area contributed by atoms with Gasteiger partial charge in [0.2, 0.25) is 11.6 Å². The lowest BCUT2D eigenvalue weighted by atomic mass is 10.2. The summed E-state index contributed by atoms with van der Waals surface area (Å²) in [6.07, 6.45) is 3.42. The number of nitrogens with one attached hydrogen (secondary N) is 1. The van der Waals surface area contributed by atoms with Crippen LogP contribution in [0, 0.1) is 17.0 Å². The maximum Gasteiger partial charge on any atom is 0.320 e. The van der Waals surface area contributed by atoms with Crippen LogP contribution in [0.4, 0.5) is 14.5 Å². The third-order valence-corrected chi connectivity index (χ3v) is 6.95. The summed E-state index contributed by atoms with van der Waals surface area (Å²) in [6.45, 7) is 3.05. The molecule has 12 nitrogen and oxygen atoms in total. The average Bonchev–Trinajstić information content (AvgIpc) is 3.43. The van der Waals surface area contributed by atoms with Crippen molar-refractivity contribution in [3.8, 4) is 40.4 Å². The molecule has 4 aromatic rings. The Bertz CT molecular complexity index is 1690. The van der Waals surface area contributed by atoms with Gasteiger partial charge in [0.1, 0.15) is 23.1 Å². The van der Waals surface area contributed by atoms with Crippen molar-refractivity contribution in [2.45, 2.75) is 6.92 Å². The molecular formula is C30H31F2N7O5. The number of aryl methyl sites for hydroxylation is 1. The lowest BCUT2D eigenvalue weighted by Crippen LogP contribution is -2.48. The highest BCUT2D eigenvalue weighted by molar-refractivity contribution is 5.95. The second-order valence-electron chi connectivity index (χ2n) is 9.96. The highest BCUT2D eigenvalue weighted by atomic mass is 19.1. The molecule has 0 unspecified atom stereocenters. The predicted molar refractivity (Wildman–Crippen MR) is 157 cm³/mol. The van der Waals surface area contributed by atoms with Gasteiger partial charge in [-0.05, 0) is 37.3 Å². The minimum absolute atomic E-state index is 0.0593. The molecule has 0 radical (unpaired) electrons. The zero-order valence-corrected chi connectivity index (χ0v) is 24.1. The number of pyridine rings is 1. The Kier molecular flexibility index (Phi) is 8.90. The summed E-state index contributed by atoms with van der Waals surface area (Å²) in [5, 5.41) is 18.1. The largest absolute Gasteiger partial charge is 0.504 e. The molecule has 4 N–H and O–H groups in total. The fourth-order valence-corrected chi connectivity index (χ4v) is 4.74. The first-order valence-electron chi connectivity index (χ1n) is 13.8. The number of carbonyl (C=O) groups is 1. The Morgan fingerprint density at radius 3 is 2.45 bits per heavy atom. The number of hydrogen-bond donors (Lipinski definition) is 3. The number of imidazole rings is 1. The maximum absolute atomic E-state index is 16.1. The monoisotopic (exact) mass is 607 g/mol. The van der Waals surface area contributed by atoms with Crippen LogP contribution >= 0.6 is 0 Å². The molecule has 0 bridgehead atoms. The molecule has 2 aromatic heterocycles. The highest BCUT2D eigenvalue weighted by Gasteiger charge is 2.30. The Morgan fingerprint density at radius 2 is 1.80 bits per heavy atom. The van der Waals surface area contributed by atoms with Crippen molar-refractivity contribution >= 4 is 17.5 Å². The van der Waals surface area contributed by atoms with Gasteiger partial charge in [-0.1, -0.05) is 12.1 Å². The smallest absolute Gasteiger partial charge is 0.320 e. The Morgan fingerprint density at radius 1 is 1.07 bits per heavy atom. The molecule has 44 heavy (non-hydrogen) atoms. The van der Waals surface area contributed by atoms with E-state index in [9.17, 15) is 9.90 Å². The number of anilines is 1. The third kappa shape index (κ3) is 6.54. The highest BCUT2D eigenvalue weighted by Crippen LogP contribution is 2.40. The number of phenols is 1. The van der Waals surface area contributed by atoms with Crippen LogP contribution < -0.4 is 20.1 Å². The van der Waals surface area contributed by atoms with Crippen molar-refractivity contribution in [1.29, 1.82) is 5.41 Å². The van der Waals surface area contributed by atoms with E-state index in [-0.39, 0.29) is 60.9 Å². The maximum atomic E-state index is 16.1. The number of rotatable bonds is 10. The standard InChI is InChI=1S/C30H31F2N7O5/c1-3-42-23(41)17-38-11-13-39(14-12-38)26-24(31)29(43-20-6-4-5-19(15-20)28-35-9-10-37(28)2)36-30(25(26)32)44-22-16-18(27(33)34)7-8-21(22)40/h4-10,15-16,40H,3,11-14,17H2,1-2H3,(H3,33,34). The number of phenolic OH excluding ortho intramolecular Hbond substituents is 1. The molecule has 1 fully saturated rings. The van der Waals surface area contributed by atoms with E-state index in [0.717, 1.165) is 0 Å². The fourth-order valence-electron chi connectivity index (χ4n) is 4.74. The van der Waals surface area contributed by atoms with E-state index in [4.69, 9.17) is 25.4 Å². The van der Waals surface area contributed by atoms with Crippen molar-refractivity contribution in [3.63, 3.8) is 0 Å². The van der Waals surface area contributed by atoms with Gasteiger partial charge >= 0.3 is 5.97 Å². The van der Waals surface area contributed by atoms with Crippen LogP contribution in [-0.4, -0.2) is 75.7 Å². The van der Waals surface area contributed by atoms with Crippen molar-refractivity contribution in [2.24, 2.45) is 12.8 Å². The van der Waals surface area contributed by atoms with Crippen molar-refractivity contribution in [3.05, 3.63) is 72.1 Å². The molecule has 0 amide bonds. The summed E-state index contributed by atoms with van der Waals surface area (Å²) in [4.78, 5) is 23.6. The van der Waals surface area contributed by atoms with E-state index in [0.29, 0.717) is 24.5 Å². The molecule has 14 heteroatoms. The number of carbonyl (C=O) groups excluding carboxylic acids is 1. The zero-order chi connectivity index (χ0) is 31.4. The van der Waals surface area contributed by atoms with E-state index < -0.39 is 29.1 Å². The number of nitrogens with zero attached hydrogens (tertiary/aromatic N) is 5. The van der Waals surface area contributed by atoms with Crippen LogP contribution in [0.25, 0.3) is 11.4 Å². The van der Waals surface area contributed by atoms with E-state index in [1.54, 1.807) is 37.5 Å². The van der Waals surface area contributed by atoms with Crippen LogP contribution in [0.5, 0.6) is 29.0 Å². The number of amidine groups is 1. The predicted octanol–water partition coefficient (Wildman–Crippen LogP) is 4.02. The summed E-state index contributed by atoms with van der Waals surface area (Å²) in [7, 11) is 1.83. The first-order chi connectivity index (χ1) is 21.1. The van der Waals surface area contributed by atoms with Gasteiger partial charge < -0.3 is 34.5 Å². The van der Waals surface area contributed by atoms with Crippen molar-refractivity contribution in [1.82, 2.24) is 19.4 Å². The van der Waals surface area contributed by atoms with Gasteiger partial charge in [0.15, 0.2) is 11.5 Å². The lowest BCUT2D eigenvalue weighted by Gasteiger charge is -2.35. The van der Waals surface area contributed by atoms with E-state index in [1.807, 2.05) is 22.6 Å². The van der Waals surface area contributed by atoms with Gasteiger partial charge in [-0.25, -0.2) is 4.98 Å². The number of nitrogens with two attached hydrogens (primary N) is 1. The molecule has 0 aliphatic carbocycles. The molecule has 0 spiro atoms. The van der Waals surface area contributed by atoms with Crippen LogP contribution in [0.2, 0.25) is 0 Å². The average molecular weight is 608 g/mol. The second-order valence-corrected chi connectivity index (χ2v) is 9.96. The molecule has 1 aliphatic heterocycles. The van der Waals surface area contributed by atoms with Gasteiger partial charge in [-0.3, -0.25) is 15.1 Å². The first kappa shape index (κ1) is 30.2. The van der Waals surface area contributed by atoms with Gasteiger partial charge in [0.25, 0.3) is 11.8 Å². The molecule has 1 aliphatic rings. The summed E-state index contributed by atoms with van der Waals surface area (Å²) in [6, 6.07) is 10.6. The number of aromatic nitrogens is 3. The zero-order valence-electron chi connectivity index (χ0n) is 24.1. The Labute approximate surface area is 251 Å². The normalized spacial score (nSPS) is 13.5. The number of benzene rings is 2. The van der Waals surface area contributed by atoms with E-state index in [2.05, 4.69) is 9.97 Å². The van der Waals surface area contributed by atoms with E-state index in [1.165, 1.54) is 23.1 Å². The number of nitrogen functional groups attached to an aromatic ring is 1. The first-order valence-corrected chi connectivity index (χ1v) is 13.8. The Hall–Kier alpha value is -5.24. The topological polar surface area (TPSA) is 152 Å². The van der Waals surface area contributed by atoms with Gasteiger partial charge in [0.05, 0.1) is 13.2 Å². The number of esters is 1. The van der Waals surface area contributed by atoms with Crippen LogP contribution in [0.15, 0.2) is 54.9 Å². The molecule has 230 valence electrons. The van der Waals surface area contributed by atoms with Gasteiger partial charge in [-0.15, -0.1) is 0 Å². The third-order valence-electron chi connectivity index (χ3n) is 6.95. The van der Waals surface area contributed by atoms with Crippen molar-refractivity contribution < 1.29 is 32.9 Å². The van der Waals surface area contributed by atoms with Crippen LogP contribution in [0.1, 0.15) is 12.5 Å².